The average Bonchev–Trinajstić information content (AvgIpc) is 2.76. The Hall–Kier alpha value is -1.87. The summed E-state index contributed by atoms with van der Waals surface area (Å²) >= 11 is 1.35. The Bertz CT molecular complexity index is 424. The number of hydrogen-bond acceptors (Lipinski definition) is 5. The van der Waals surface area contributed by atoms with Crippen molar-refractivity contribution in [3.8, 4) is 6.07 Å². The summed E-state index contributed by atoms with van der Waals surface area (Å²) in [6.45, 7) is 0. The van der Waals surface area contributed by atoms with Crippen LogP contribution >= 0.6 is 11.5 Å². The lowest BCUT2D eigenvalue weighted by atomic mass is 10.5. The maximum absolute atomic E-state index is 8.52. The van der Waals surface area contributed by atoms with Gasteiger partial charge in [-0.1, -0.05) is 0 Å². The number of H-pyrrole nitrogens is 1. The van der Waals surface area contributed by atoms with E-state index in [1.54, 1.807) is 6.20 Å². The van der Waals surface area contributed by atoms with E-state index in [1.165, 1.54) is 17.7 Å². The summed E-state index contributed by atoms with van der Waals surface area (Å²) in [5.41, 5.74) is 1.30. The number of aromatic nitrogens is 3. The molecule has 0 saturated carbocycles. The predicted molar refractivity (Wildman–Crippen MR) is 48.7 cm³/mol. The lowest BCUT2D eigenvalue weighted by molar-refractivity contribution is 1.27. The molecule has 2 rings (SSSR count). The molecule has 6 heteroatoms. The molecule has 0 aliphatic carbocycles. The summed E-state index contributed by atoms with van der Waals surface area (Å²) < 4.78 is 3.92. The second kappa shape index (κ2) is 3.25. The minimum Gasteiger partial charge on any atom is -0.324 e. The zero-order chi connectivity index (χ0) is 9.10. The third-order valence-electron chi connectivity index (χ3n) is 1.39. The molecule has 0 aliphatic rings. The van der Waals surface area contributed by atoms with Crippen molar-refractivity contribution in [3.05, 3.63) is 23.5 Å². The number of aromatic amines is 1. The van der Waals surface area contributed by atoms with Crippen LogP contribution in [0.25, 0.3) is 0 Å². The third kappa shape index (κ3) is 1.65. The minimum atomic E-state index is 0.436. The van der Waals surface area contributed by atoms with Crippen molar-refractivity contribution in [2.24, 2.45) is 0 Å². The Morgan fingerprint density at radius 3 is 3.08 bits per heavy atom. The van der Waals surface area contributed by atoms with Crippen molar-refractivity contribution in [3.63, 3.8) is 0 Å². The molecule has 0 unspecified atom stereocenters. The van der Waals surface area contributed by atoms with Crippen molar-refractivity contribution >= 4 is 23.2 Å². The van der Waals surface area contributed by atoms with Crippen LogP contribution in [-0.2, 0) is 0 Å². The molecule has 0 saturated heterocycles. The van der Waals surface area contributed by atoms with Gasteiger partial charge in [0.15, 0.2) is 0 Å². The SMILES string of the molecule is N#Cc1cnc(Nc2cnsc2)[nH]1. The van der Waals surface area contributed by atoms with E-state index in [4.69, 9.17) is 5.26 Å². The molecule has 2 heterocycles. The maximum atomic E-state index is 8.52. The number of imidazole rings is 1. The lowest BCUT2D eigenvalue weighted by Gasteiger charge is -1.95. The van der Waals surface area contributed by atoms with Crippen molar-refractivity contribution in [2.75, 3.05) is 5.32 Å². The molecule has 0 aromatic carbocycles. The predicted octanol–water partition coefficient (Wildman–Crippen LogP) is 1.48. The maximum Gasteiger partial charge on any atom is 0.205 e. The van der Waals surface area contributed by atoms with Crippen LogP contribution in [0.1, 0.15) is 5.69 Å². The van der Waals surface area contributed by atoms with E-state index in [9.17, 15) is 0 Å². The fourth-order valence-electron chi connectivity index (χ4n) is 0.845. The monoisotopic (exact) mass is 191 g/mol. The van der Waals surface area contributed by atoms with Gasteiger partial charge in [0.25, 0.3) is 0 Å². The molecular formula is C7H5N5S. The van der Waals surface area contributed by atoms with Crippen LogP contribution in [0, 0.1) is 11.3 Å². The summed E-state index contributed by atoms with van der Waals surface area (Å²) in [4.78, 5) is 6.74. The zero-order valence-electron chi connectivity index (χ0n) is 6.48. The van der Waals surface area contributed by atoms with E-state index in [-0.39, 0.29) is 0 Å². The largest absolute Gasteiger partial charge is 0.324 e. The lowest BCUT2D eigenvalue weighted by Crippen LogP contribution is -1.89. The van der Waals surface area contributed by atoms with Crippen molar-refractivity contribution in [2.45, 2.75) is 0 Å². The number of nitrogens with zero attached hydrogens (tertiary/aromatic N) is 3. The molecule has 0 radical (unpaired) electrons. The highest BCUT2D eigenvalue weighted by Gasteiger charge is 1.99. The van der Waals surface area contributed by atoms with Gasteiger partial charge in [-0.15, -0.1) is 0 Å². The molecule has 64 valence electrons. The molecule has 2 aromatic heterocycles. The van der Waals surface area contributed by atoms with Crippen LogP contribution in [-0.4, -0.2) is 14.3 Å². The van der Waals surface area contributed by atoms with Crippen LogP contribution in [0.2, 0.25) is 0 Å². The van der Waals surface area contributed by atoms with E-state index < -0.39 is 0 Å². The zero-order valence-corrected chi connectivity index (χ0v) is 7.30. The van der Waals surface area contributed by atoms with E-state index in [0.29, 0.717) is 11.6 Å². The van der Waals surface area contributed by atoms with Gasteiger partial charge in [-0.3, -0.25) is 0 Å². The van der Waals surface area contributed by atoms with Gasteiger partial charge < -0.3 is 10.3 Å². The summed E-state index contributed by atoms with van der Waals surface area (Å²) in [5.74, 6) is 0.553. The fraction of sp³-hybridized carbons (Fsp3) is 0. The summed E-state index contributed by atoms with van der Waals surface area (Å²) in [5, 5.41) is 13.3. The highest BCUT2D eigenvalue weighted by atomic mass is 32.1. The topological polar surface area (TPSA) is 77.4 Å². The van der Waals surface area contributed by atoms with Crippen LogP contribution in [0.4, 0.5) is 11.6 Å². The molecule has 2 aromatic rings. The van der Waals surface area contributed by atoms with Crippen LogP contribution in [0.15, 0.2) is 17.8 Å². The van der Waals surface area contributed by atoms with Gasteiger partial charge in [0.1, 0.15) is 11.8 Å². The molecule has 0 aliphatic heterocycles. The molecule has 0 spiro atoms. The number of rotatable bonds is 2. The number of anilines is 2. The summed E-state index contributed by atoms with van der Waals surface area (Å²) in [6, 6.07) is 1.96. The molecular weight excluding hydrogens is 186 g/mol. The number of nitrogens with one attached hydrogen (secondary N) is 2. The summed E-state index contributed by atoms with van der Waals surface area (Å²) in [6.07, 6.45) is 3.17. The molecule has 0 atom stereocenters. The van der Waals surface area contributed by atoms with Crippen LogP contribution in [0.5, 0.6) is 0 Å². The van der Waals surface area contributed by atoms with Crippen LogP contribution in [0.3, 0.4) is 0 Å². The first kappa shape index (κ1) is 7.76. The highest BCUT2D eigenvalue weighted by molar-refractivity contribution is 7.04. The van der Waals surface area contributed by atoms with Gasteiger partial charge in [0, 0.05) is 5.38 Å². The smallest absolute Gasteiger partial charge is 0.205 e. The quantitative estimate of drug-likeness (QED) is 0.753. The second-order valence-electron chi connectivity index (χ2n) is 2.30. The van der Waals surface area contributed by atoms with E-state index in [1.807, 2.05) is 11.4 Å². The highest BCUT2D eigenvalue weighted by Crippen LogP contribution is 2.13. The standard InChI is InChI=1S/C7H5N5S/c8-1-5-2-9-7(11-5)12-6-3-10-13-4-6/h2-4H,(H2,9,11,12). The molecule has 2 N–H and O–H groups in total. The first-order valence-electron chi connectivity index (χ1n) is 3.50. The third-order valence-corrected chi connectivity index (χ3v) is 1.98. The van der Waals surface area contributed by atoms with Gasteiger partial charge >= 0.3 is 0 Å². The molecule has 0 bridgehead atoms. The second-order valence-corrected chi connectivity index (χ2v) is 2.95. The van der Waals surface area contributed by atoms with Gasteiger partial charge in [-0.25, -0.2) is 4.98 Å². The Balaban J connectivity index is 2.15. The van der Waals surface area contributed by atoms with E-state index in [0.717, 1.165) is 5.69 Å². The minimum absolute atomic E-state index is 0.436. The van der Waals surface area contributed by atoms with E-state index >= 15 is 0 Å². The van der Waals surface area contributed by atoms with Gasteiger partial charge in [0.05, 0.1) is 18.1 Å². The Kier molecular flexibility index (Phi) is 1.94. The van der Waals surface area contributed by atoms with Crippen LogP contribution < -0.4 is 5.32 Å². The molecule has 13 heavy (non-hydrogen) atoms. The molecule has 5 nitrogen and oxygen atoms in total. The summed E-state index contributed by atoms with van der Waals surface area (Å²) in [7, 11) is 0. The first-order valence-corrected chi connectivity index (χ1v) is 4.33. The normalized spacial score (nSPS) is 9.46. The van der Waals surface area contributed by atoms with Gasteiger partial charge in [-0.2, -0.15) is 9.64 Å². The van der Waals surface area contributed by atoms with Crippen molar-refractivity contribution < 1.29 is 0 Å². The van der Waals surface area contributed by atoms with Crippen molar-refractivity contribution in [1.29, 1.82) is 5.26 Å². The van der Waals surface area contributed by atoms with Gasteiger partial charge in [-0.05, 0) is 11.5 Å². The Morgan fingerprint density at radius 2 is 2.46 bits per heavy atom. The first-order chi connectivity index (χ1) is 6.38. The van der Waals surface area contributed by atoms with Gasteiger partial charge in [0.2, 0.25) is 5.95 Å². The van der Waals surface area contributed by atoms with Crippen molar-refractivity contribution in [1.82, 2.24) is 14.3 Å². The average molecular weight is 191 g/mol. The fourth-order valence-corrected chi connectivity index (χ4v) is 1.31. The number of hydrogen-bond donors (Lipinski definition) is 2. The van der Waals surface area contributed by atoms with E-state index in [2.05, 4.69) is 19.7 Å². The molecule has 0 amide bonds. The Morgan fingerprint density at radius 1 is 1.54 bits per heavy atom. The molecule has 0 fully saturated rings. The Labute approximate surface area is 78.2 Å². The number of nitriles is 1.